The van der Waals surface area contributed by atoms with Gasteiger partial charge in [0.25, 0.3) is 0 Å². The molecule has 1 aromatic carbocycles. The van der Waals surface area contributed by atoms with Crippen molar-refractivity contribution in [2.75, 3.05) is 13.7 Å². The molecule has 1 aliphatic heterocycles. The van der Waals surface area contributed by atoms with E-state index in [0.29, 0.717) is 19.4 Å². The maximum atomic E-state index is 12.3. The van der Waals surface area contributed by atoms with Gasteiger partial charge in [-0.25, -0.2) is 9.59 Å². The summed E-state index contributed by atoms with van der Waals surface area (Å²) >= 11 is 0. The maximum absolute atomic E-state index is 12.3. The minimum Gasteiger partial charge on any atom is -0.467 e. The Bertz CT molecular complexity index is 590. The topological polar surface area (TPSA) is 84.9 Å². The summed E-state index contributed by atoms with van der Waals surface area (Å²) in [4.78, 5) is 37.3. The summed E-state index contributed by atoms with van der Waals surface area (Å²) < 4.78 is 9.86. The van der Waals surface area contributed by atoms with Crippen molar-refractivity contribution in [2.24, 2.45) is 0 Å². The van der Waals surface area contributed by atoms with Crippen molar-refractivity contribution < 1.29 is 23.9 Å². The molecule has 1 aromatic rings. The Morgan fingerprint density at radius 2 is 2.00 bits per heavy atom. The van der Waals surface area contributed by atoms with Crippen molar-refractivity contribution in [1.29, 1.82) is 0 Å². The van der Waals surface area contributed by atoms with E-state index >= 15 is 0 Å². The SMILES string of the molecule is COC(=O)[C@@H](C)NC(=O)[C@H]1CCCN1C(=O)OCc1ccccc1. The van der Waals surface area contributed by atoms with Crippen LogP contribution in [0.1, 0.15) is 25.3 Å². The standard InChI is InChI=1S/C17H22N2O5/c1-12(16(21)23-2)18-15(20)14-9-6-10-19(14)17(22)24-11-13-7-4-3-5-8-13/h3-5,7-8,12,14H,6,9-11H2,1-2H3,(H,18,20)/t12-,14-/m1/s1. The number of likely N-dealkylation sites (tertiary alicyclic amines) is 1. The van der Waals surface area contributed by atoms with Gasteiger partial charge in [0.05, 0.1) is 7.11 Å². The summed E-state index contributed by atoms with van der Waals surface area (Å²) in [6.07, 6.45) is 0.730. The van der Waals surface area contributed by atoms with Crippen molar-refractivity contribution in [3.8, 4) is 0 Å². The molecule has 0 bridgehead atoms. The molecule has 1 saturated heterocycles. The summed E-state index contributed by atoms with van der Waals surface area (Å²) in [5.74, 6) is -0.901. The molecule has 0 spiro atoms. The number of esters is 1. The Morgan fingerprint density at radius 1 is 1.29 bits per heavy atom. The first kappa shape index (κ1) is 17.8. The van der Waals surface area contributed by atoms with Crippen LogP contribution >= 0.6 is 0 Å². The van der Waals surface area contributed by atoms with Gasteiger partial charge in [0.15, 0.2) is 0 Å². The van der Waals surface area contributed by atoms with E-state index in [1.54, 1.807) is 0 Å². The zero-order chi connectivity index (χ0) is 17.5. The van der Waals surface area contributed by atoms with Crippen molar-refractivity contribution >= 4 is 18.0 Å². The minimum absolute atomic E-state index is 0.156. The number of benzene rings is 1. The number of ether oxygens (including phenoxy) is 2. The van der Waals surface area contributed by atoms with Crippen LogP contribution in [0.2, 0.25) is 0 Å². The average molecular weight is 334 g/mol. The molecule has 2 atom stereocenters. The average Bonchev–Trinajstić information content (AvgIpc) is 3.09. The number of hydrogen-bond donors (Lipinski definition) is 1. The molecule has 2 amide bonds. The highest BCUT2D eigenvalue weighted by Gasteiger charge is 2.36. The number of rotatable bonds is 5. The lowest BCUT2D eigenvalue weighted by Crippen LogP contribution is -2.50. The molecule has 0 unspecified atom stereocenters. The molecule has 0 aromatic heterocycles. The van der Waals surface area contributed by atoms with E-state index < -0.39 is 24.1 Å². The fraction of sp³-hybridized carbons (Fsp3) is 0.471. The molecular weight excluding hydrogens is 312 g/mol. The van der Waals surface area contributed by atoms with Crippen LogP contribution in [0, 0.1) is 0 Å². The molecule has 24 heavy (non-hydrogen) atoms. The fourth-order valence-corrected chi connectivity index (χ4v) is 2.61. The van der Waals surface area contributed by atoms with Gasteiger partial charge in [-0.1, -0.05) is 30.3 Å². The number of nitrogens with zero attached hydrogens (tertiary/aromatic N) is 1. The van der Waals surface area contributed by atoms with E-state index in [0.717, 1.165) is 5.56 Å². The molecule has 7 nitrogen and oxygen atoms in total. The molecule has 1 N–H and O–H groups in total. The fourth-order valence-electron chi connectivity index (χ4n) is 2.61. The highest BCUT2D eigenvalue weighted by Crippen LogP contribution is 2.19. The molecule has 1 fully saturated rings. The first-order chi connectivity index (χ1) is 11.5. The smallest absolute Gasteiger partial charge is 0.410 e. The van der Waals surface area contributed by atoms with Gasteiger partial charge in [0, 0.05) is 6.54 Å². The predicted octanol–water partition coefficient (Wildman–Crippen LogP) is 1.47. The van der Waals surface area contributed by atoms with Crippen LogP contribution in [0.4, 0.5) is 4.79 Å². The molecule has 0 aliphatic carbocycles. The van der Waals surface area contributed by atoms with Gasteiger partial charge in [-0.3, -0.25) is 9.69 Å². The van der Waals surface area contributed by atoms with Crippen molar-refractivity contribution in [1.82, 2.24) is 10.2 Å². The summed E-state index contributed by atoms with van der Waals surface area (Å²) in [6.45, 7) is 2.15. The highest BCUT2D eigenvalue weighted by atomic mass is 16.6. The van der Waals surface area contributed by atoms with Crippen LogP contribution < -0.4 is 5.32 Å². The molecule has 1 heterocycles. The van der Waals surface area contributed by atoms with Gasteiger partial charge in [-0.2, -0.15) is 0 Å². The van der Waals surface area contributed by atoms with Gasteiger partial charge in [0.2, 0.25) is 5.91 Å². The Labute approximate surface area is 140 Å². The van der Waals surface area contributed by atoms with Gasteiger partial charge >= 0.3 is 12.1 Å². The third-order valence-corrected chi connectivity index (χ3v) is 3.91. The Hall–Kier alpha value is -2.57. The van der Waals surface area contributed by atoms with Crippen molar-refractivity contribution in [2.45, 2.75) is 38.5 Å². The van der Waals surface area contributed by atoms with E-state index in [-0.39, 0.29) is 12.5 Å². The lowest BCUT2D eigenvalue weighted by atomic mass is 10.2. The molecule has 0 radical (unpaired) electrons. The number of methoxy groups -OCH3 is 1. The molecular formula is C17H22N2O5. The maximum Gasteiger partial charge on any atom is 0.410 e. The highest BCUT2D eigenvalue weighted by molar-refractivity contribution is 5.89. The van der Waals surface area contributed by atoms with E-state index in [9.17, 15) is 14.4 Å². The molecule has 2 rings (SSSR count). The summed E-state index contributed by atoms with van der Waals surface area (Å²) in [5.41, 5.74) is 0.880. The second kappa shape index (κ2) is 8.33. The van der Waals surface area contributed by atoms with E-state index in [4.69, 9.17) is 4.74 Å². The van der Waals surface area contributed by atoms with Crippen LogP contribution in [0.3, 0.4) is 0 Å². The van der Waals surface area contributed by atoms with Crippen molar-refractivity contribution in [3.63, 3.8) is 0 Å². The summed E-state index contributed by atoms with van der Waals surface area (Å²) in [7, 11) is 1.26. The van der Waals surface area contributed by atoms with Crippen LogP contribution in [0.25, 0.3) is 0 Å². The predicted molar refractivity (Wildman–Crippen MR) is 86.0 cm³/mol. The van der Waals surface area contributed by atoms with Crippen molar-refractivity contribution in [3.05, 3.63) is 35.9 Å². The first-order valence-corrected chi connectivity index (χ1v) is 7.88. The van der Waals surface area contributed by atoms with E-state index in [2.05, 4.69) is 10.1 Å². The largest absolute Gasteiger partial charge is 0.467 e. The lowest BCUT2D eigenvalue weighted by Gasteiger charge is -2.24. The summed E-state index contributed by atoms with van der Waals surface area (Å²) in [6, 6.07) is 7.95. The minimum atomic E-state index is -0.759. The van der Waals surface area contributed by atoms with Gasteiger partial charge in [-0.05, 0) is 25.3 Å². The molecule has 7 heteroatoms. The second-order valence-electron chi connectivity index (χ2n) is 5.65. The summed E-state index contributed by atoms with van der Waals surface area (Å²) in [5, 5.41) is 2.57. The Kier molecular flexibility index (Phi) is 6.17. The van der Waals surface area contributed by atoms with Crippen LogP contribution in [0.5, 0.6) is 0 Å². The van der Waals surface area contributed by atoms with Crippen LogP contribution in [-0.4, -0.2) is 48.6 Å². The van der Waals surface area contributed by atoms with Gasteiger partial charge in [-0.15, -0.1) is 0 Å². The zero-order valence-electron chi connectivity index (χ0n) is 13.9. The normalized spacial score (nSPS) is 17.9. The molecule has 1 aliphatic rings. The second-order valence-corrected chi connectivity index (χ2v) is 5.65. The van der Waals surface area contributed by atoms with Crippen LogP contribution in [0.15, 0.2) is 30.3 Å². The number of carbonyl (C=O) groups is 3. The van der Waals surface area contributed by atoms with Gasteiger partial charge < -0.3 is 14.8 Å². The molecule has 0 saturated carbocycles. The molecule has 130 valence electrons. The lowest BCUT2D eigenvalue weighted by molar-refractivity contribution is -0.145. The number of carbonyl (C=O) groups excluding carboxylic acids is 3. The Balaban J connectivity index is 1.90. The Morgan fingerprint density at radius 3 is 2.67 bits per heavy atom. The number of hydrogen-bond acceptors (Lipinski definition) is 5. The van der Waals surface area contributed by atoms with E-state index in [1.165, 1.54) is 18.9 Å². The number of amides is 2. The zero-order valence-corrected chi connectivity index (χ0v) is 13.9. The monoisotopic (exact) mass is 334 g/mol. The first-order valence-electron chi connectivity index (χ1n) is 7.88. The third-order valence-electron chi connectivity index (χ3n) is 3.91. The van der Waals surface area contributed by atoms with Gasteiger partial charge in [0.1, 0.15) is 18.7 Å². The quantitative estimate of drug-likeness (QED) is 0.824. The van der Waals surface area contributed by atoms with Crippen LogP contribution in [-0.2, 0) is 25.7 Å². The van der Waals surface area contributed by atoms with E-state index in [1.807, 2.05) is 30.3 Å². The number of nitrogens with one attached hydrogen (secondary N) is 1. The third kappa shape index (κ3) is 4.47.